The lowest BCUT2D eigenvalue weighted by Crippen LogP contribution is -2.68. The highest BCUT2D eigenvalue weighted by Crippen LogP contribution is 2.46. The van der Waals surface area contributed by atoms with Crippen molar-refractivity contribution in [2.24, 2.45) is 35.5 Å². The normalized spacial score (nSPS) is 33.0. The van der Waals surface area contributed by atoms with Crippen LogP contribution in [-0.2, 0) is 62.3 Å². The number of rotatable bonds is 12. The van der Waals surface area contributed by atoms with Crippen molar-refractivity contribution >= 4 is 70.9 Å². The van der Waals surface area contributed by atoms with Crippen LogP contribution in [0.2, 0.25) is 0 Å². The van der Waals surface area contributed by atoms with Gasteiger partial charge in [-0.15, -0.1) is 0 Å². The molecule has 4 saturated carbocycles. The number of nitrogens with one attached hydrogen (secondary N) is 3. The third kappa shape index (κ3) is 20.4. The third-order valence-electron chi connectivity index (χ3n) is 24.9. The molecule has 8 rings (SSSR count). The molecule has 33 heteroatoms. The first-order valence-corrected chi connectivity index (χ1v) is 39.3. The summed E-state index contributed by atoms with van der Waals surface area (Å²) >= 11 is 0. The van der Waals surface area contributed by atoms with Crippen LogP contribution in [0.5, 0.6) is 0 Å². The highest BCUT2D eigenvalue weighted by molar-refractivity contribution is 6.01. The van der Waals surface area contributed by atoms with Crippen LogP contribution in [0.4, 0.5) is 35.1 Å². The molecule has 4 aliphatic heterocycles. The molecule has 7 fully saturated rings. The Bertz CT molecular complexity index is 3280. The van der Waals surface area contributed by atoms with Gasteiger partial charge in [-0.05, 0) is 159 Å². The van der Waals surface area contributed by atoms with Gasteiger partial charge in [0.2, 0.25) is 70.9 Å². The SMILES string of the molecule is CCO[C@@H]1C[C@H]2C(=O)NC3(CCC3)C(=O)N(C)[C@@H](C3CCCC3)C(=O)N(C)[C@H](C(=O)N(C)C)CC(=O)N(C)[C@@H](CC)C(=O)N[C@@H]([C@@H](C)CC)C(=O)N3CCCC[C@H]3C(=O)N(C)[C@H]3C/C=C\CCN(C3=O)[C@@H](CC3CCC(C(F)(F)F)CC3)C(=O)N(C)CC(=O)N[C@@H](CCC3CC(F)C(C(F)(F)F)C(F)C3)C(=O)N2C1. The first-order chi connectivity index (χ1) is 51.3. The van der Waals surface area contributed by atoms with Gasteiger partial charge < -0.3 is 64.8 Å². The number of halogens is 8. The van der Waals surface area contributed by atoms with E-state index in [0.717, 1.165) is 19.6 Å². The highest BCUT2D eigenvalue weighted by Gasteiger charge is 2.57. The fourth-order valence-electron chi connectivity index (χ4n) is 18.0. The van der Waals surface area contributed by atoms with Gasteiger partial charge in [0, 0.05) is 82.0 Å². The summed E-state index contributed by atoms with van der Waals surface area (Å²) in [7, 11) is 9.62. The van der Waals surface area contributed by atoms with Gasteiger partial charge in [0.05, 0.1) is 25.0 Å². The molecule has 2 unspecified atom stereocenters. The second-order valence-electron chi connectivity index (χ2n) is 32.2. The zero-order chi connectivity index (χ0) is 80.5. The van der Waals surface area contributed by atoms with E-state index in [0.29, 0.717) is 51.4 Å². The topological polar surface area (TPSA) is 279 Å². The van der Waals surface area contributed by atoms with E-state index >= 15 is 47.1 Å². The molecular formula is C76H116F8N12O13. The fourth-order valence-corrected chi connectivity index (χ4v) is 18.0. The number of nitrogens with zero attached hydrogens (tertiary/aromatic N) is 9. The van der Waals surface area contributed by atoms with Crippen LogP contribution in [0.3, 0.4) is 0 Å². The standard InChI is InChI=1S/C76H116F8N12O13/c1-12-44(4)62-71(106)94-36-21-19-26-55(94)69(104)91(9)54-25-16-15-20-35-95(70(54)105)58(39-45-27-30-48(31-28-45)75(79,80)81)68(103)89(7)43-59(97)85-52(32-29-46-37-50(77)61(51(78)38-46)76(82,83)84)66(101)96-42-49(109-14-3)40-56(96)65(100)87-74(33-22-34-74)73(108)93(11)63(47-23-17-18-24-47)72(107)92(10)57(67(102)88(5)6)41-60(98)90(8)53(13-2)64(99)86-62/h15-16,44-58,61-63H,12-14,17-43H2,1-11H3,(H,85,97)(H,86,99)(H,87,100)/b16-15-/t44-,45?,46?,48?,49+,50?,51?,52-,53-,54-,55-,56-,57-,58-,61?,62-,63-/m0/s1. The molecule has 109 heavy (non-hydrogen) atoms. The molecule has 0 aromatic rings. The molecule has 2 bridgehead atoms. The van der Waals surface area contributed by atoms with Crippen LogP contribution < -0.4 is 16.0 Å². The van der Waals surface area contributed by atoms with Crippen LogP contribution in [-0.4, -0.2) is 288 Å². The minimum Gasteiger partial charge on any atom is -0.377 e. The van der Waals surface area contributed by atoms with E-state index in [-0.39, 0.29) is 110 Å². The maximum absolute atomic E-state index is 15.6. The predicted molar refractivity (Wildman–Crippen MR) is 384 cm³/mol. The number of hydrogen-bond donors (Lipinski definition) is 3. The number of amides is 12. The van der Waals surface area contributed by atoms with Crippen molar-refractivity contribution in [3.63, 3.8) is 0 Å². The Morgan fingerprint density at radius 2 is 1.27 bits per heavy atom. The number of likely N-dealkylation sites (N-methyl/N-ethyl adjacent to an activating group) is 6. The van der Waals surface area contributed by atoms with Crippen molar-refractivity contribution < 1.29 is 97.4 Å². The van der Waals surface area contributed by atoms with Crippen LogP contribution in [0.1, 0.15) is 188 Å². The van der Waals surface area contributed by atoms with Crippen LogP contribution in [0.15, 0.2) is 12.2 Å². The molecule has 0 aromatic carbocycles. The van der Waals surface area contributed by atoms with Crippen molar-refractivity contribution in [3.05, 3.63) is 12.2 Å². The summed E-state index contributed by atoms with van der Waals surface area (Å²) in [6.45, 7) is 5.69. The van der Waals surface area contributed by atoms with E-state index in [1.54, 1.807) is 39.8 Å². The smallest absolute Gasteiger partial charge is 0.377 e. The van der Waals surface area contributed by atoms with Crippen molar-refractivity contribution in [3.8, 4) is 0 Å². The van der Waals surface area contributed by atoms with Crippen molar-refractivity contribution in [1.82, 2.24) is 60.0 Å². The quantitative estimate of drug-likeness (QED) is 0.137. The van der Waals surface area contributed by atoms with Crippen molar-refractivity contribution in [2.45, 2.75) is 279 Å². The number of piperidine rings is 1. The summed E-state index contributed by atoms with van der Waals surface area (Å²) in [6, 6.07) is -12.5. The van der Waals surface area contributed by atoms with Crippen LogP contribution in [0.25, 0.3) is 0 Å². The molecule has 0 aromatic heterocycles. The third-order valence-corrected chi connectivity index (χ3v) is 24.9. The van der Waals surface area contributed by atoms with Gasteiger partial charge >= 0.3 is 12.4 Å². The molecule has 1 spiro atoms. The average Bonchev–Trinajstić information content (AvgIpc) is 1.73. The summed E-state index contributed by atoms with van der Waals surface area (Å²) in [4.78, 5) is 193. The van der Waals surface area contributed by atoms with Gasteiger partial charge in [-0.2, -0.15) is 26.3 Å². The number of hydrogen-bond acceptors (Lipinski definition) is 13. The van der Waals surface area contributed by atoms with Gasteiger partial charge in [0.25, 0.3) is 0 Å². The molecule has 8 aliphatic rings. The summed E-state index contributed by atoms with van der Waals surface area (Å²) in [5, 5.41) is 8.47. The van der Waals surface area contributed by atoms with Gasteiger partial charge in [0.1, 0.15) is 78.2 Å². The first kappa shape index (κ1) is 87.4. The van der Waals surface area contributed by atoms with Gasteiger partial charge in [0.15, 0.2) is 0 Å². The fraction of sp³-hybridized carbons (Fsp3) is 0.816. The van der Waals surface area contributed by atoms with Crippen LogP contribution in [0, 0.1) is 35.5 Å². The minimum absolute atomic E-state index is 0.000778. The molecule has 3 N–H and O–H groups in total. The number of carbonyl (C=O) groups is 12. The first-order valence-electron chi connectivity index (χ1n) is 39.3. The highest BCUT2D eigenvalue weighted by atomic mass is 19.4. The maximum atomic E-state index is 15.6. The second-order valence-corrected chi connectivity index (χ2v) is 32.2. The predicted octanol–water partition coefficient (Wildman–Crippen LogP) is 6.64. The molecular weight excluding hydrogens is 1440 g/mol. The lowest BCUT2D eigenvalue weighted by atomic mass is 9.74. The van der Waals surface area contributed by atoms with Gasteiger partial charge in [-0.1, -0.05) is 52.2 Å². The monoisotopic (exact) mass is 1560 g/mol. The molecule has 0 radical (unpaired) electrons. The maximum Gasteiger partial charge on any atom is 0.397 e. The number of fused-ring (bicyclic) bond motifs is 4. The average molecular weight is 1560 g/mol. The lowest BCUT2D eigenvalue weighted by Gasteiger charge is -2.46. The molecule has 4 heterocycles. The molecule has 25 nitrogen and oxygen atoms in total. The Morgan fingerprint density at radius 1 is 0.624 bits per heavy atom. The summed E-state index contributed by atoms with van der Waals surface area (Å²) in [6.07, 6.45) is -12.0. The largest absolute Gasteiger partial charge is 0.397 e. The Morgan fingerprint density at radius 3 is 1.84 bits per heavy atom. The Hall–Kier alpha value is -7.22. The molecule has 3 saturated heterocycles. The van der Waals surface area contributed by atoms with Crippen molar-refractivity contribution in [1.29, 1.82) is 0 Å². The van der Waals surface area contributed by atoms with E-state index in [2.05, 4.69) is 16.0 Å². The summed E-state index contributed by atoms with van der Waals surface area (Å²) < 4.78 is 122. The molecule has 12 amide bonds. The zero-order valence-corrected chi connectivity index (χ0v) is 65.1. The van der Waals surface area contributed by atoms with E-state index < -0.39 is 229 Å². The number of alkyl halides is 8. The van der Waals surface area contributed by atoms with Gasteiger partial charge in [-0.25, -0.2) is 8.78 Å². The molecule has 4 aliphatic carbocycles. The number of ether oxygens (including phenoxy) is 1. The lowest BCUT2D eigenvalue weighted by molar-refractivity contribution is -0.219. The summed E-state index contributed by atoms with van der Waals surface area (Å²) in [5.74, 6) is -16.5. The Kier molecular flexibility index (Phi) is 30.0. The zero-order valence-electron chi connectivity index (χ0n) is 65.1. The molecule has 13 atom stereocenters. The van der Waals surface area contributed by atoms with E-state index in [1.807, 2.05) is 0 Å². The van der Waals surface area contributed by atoms with Crippen LogP contribution >= 0.6 is 0 Å². The second kappa shape index (κ2) is 37.4. The van der Waals surface area contributed by atoms with E-state index in [1.165, 1.54) is 73.8 Å². The van der Waals surface area contributed by atoms with Crippen molar-refractivity contribution in [2.75, 3.05) is 82.1 Å². The van der Waals surface area contributed by atoms with E-state index in [4.69, 9.17) is 4.74 Å². The van der Waals surface area contributed by atoms with E-state index in [9.17, 15) is 45.5 Å². The number of carbonyl (C=O) groups excluding carboxylic acids is 12. The molecule has 614 valence electrons. The minimum atomic E-state index is -5.22. The summed E-state index contributed by atoms with van der Waals surface area (Å²) in [5.41, 5.74) is -1.69. The Balaban J connectivity index is 1.21. The van der Waals surface area contributed by atoms with Gasteiger partial charge in [-0.3, -0.25) is 57.5 Å². The Labute approximate surface area is 634 Å².